The van der Waals surface area contributed by atoms with Crippen molar-refractivity contribution in [1.29, 1.82) is 0 Å². The Labute approximate surface area is 268 Å². The number of non-ortho nitro benzene ring substituents is 2. The Kier molecular flexibility index (Phi) is 9.54. The summed E-state index contributed by atoms with van der Waals surface area (Å²) < 4.78 is 6.25. The second kappa shape index (κ2) is 13.3. The topological polar surface area (TPSA) is 228 Å². The van der Waals surface area contributed by atoms with Gasteiger partial charge in [-0.15, -0.1) is 0 Å². The van der Waals surface area contributed by atoms with Crippen LogP contribution in [0.1, 0.15) is 41.4 Å². The van der Waals surface area contributed by atoms with Crippen molar-refractivity contribution < 1.29 is 44.0 Å². The molecule has 4 rings (SSSR count). The standard InChI is InChI=1S/C28H16Br2N4O11/c29-21-6-2-14(33(41)42)10-19(21)25(35)31-13-1-8-24(45-16-4-5-17(27(37)38)18(12-16)28(39)40)23(9-13)32-26(36)20-11-15(34(43)44)3-7-22(20)30/h1-12H,(H,31,35)(H,32,36)(H,37,38)(H,39,40). The van der Waals surface area contributed by atoms with Gasteiger partial charge in [-0.2, -0.15) is 0 Å². The van der Waals surface area contributed by atoms with Gasteiger partial charge in [-0.05, 0) is 80.4 Å². The number of hydrogen-bond donors (Lipinski definition) is 4. The van der Waals surface area contributed by atoms with E-state index in [2.05, 4.69) is 42.5 Å². The van der Waals surface area contributed by atoms with Crippen LogP contribution in [0, 0.1) is 20.2 Å². The van der Waals surface area contributed by atoms with E-state index in [9.17, 15) is 49.6 Å². The van der Waals surface area contributed by atoms with Crippen molar-refractivity contribution in [3.8, 4) is 11.5 Å². The minimum Gasteiger partial charge on any atom is -0.478 e. The molecule has 17 heteroatoms. The maximum Gasteiger partial charge on any atom is 0.336 e. The predicted molar refractivity (Wildman–Crippen MR) is 164 cm³/mol. The molecule has 0 aliphatic heterocycles. The van der Waals surface area contributed by atoms with Gasteiger partial charge in [-0.25, -0.2) is 9.59 Å². The number of nitro benzene ring substituents is 2. The molecular formula is C28H16Br2N4O11. The summed E-state index contributed by atoms with van der Waals surface area (Å²) >= 11 is 6.35. The zero-order valence-electron chi connectivity index (χ0n) is 22.1. The van der Waals surface area contributed by atoms with Crippen LogP contribution in [0.3, 0.4) is 0 Å². The first-order valence-corrected chi connectivity index (χ1v) is 13.8. The summed E-state index contributed by atoms with van der Waals surface area (Å²) in [4.78, 5) is 70.5. The molecule has 4 aromatic carbocycles. The highest BCUT2D eigenvalue weighted by Crippen LogP contribution is 2.35. The SMILES string of the molecule is O=C(Nc1ccc(Oc2ccc(C(=O)O)c(C(=O)O)c2)c(NC(=O)c2cc([N+](=O)[O-])ccc2Br)c1)c1cc([N+](=O)[O-])ccc1Br. The number of hydrogen-bond acceptors (Lipinski definition) is 9. The Morgan fingerprint density at radius 2 is 1.18 bits per heavy atom. The first-order chi connectivity index (χ1) is 21.2. The Hall–Kier alpha value is -5.68. The van der Waals surface area contributed by atoms with E-state index in [0.29, 0.717) is 0 Å². The molecule has 0 fully saturated rings. The maximum absolute atomic E-state index is 13.3. The quantitative estimate of drug-likeness (QED) is 0.0984. The number of ether oxygens (including phenoxy) is 1. The average molecular weight is 744 g/mol. The molecule has 0 aromatic heterocycles. The molecule has 0 saturated carbocycles. The number of nitrogens with one attached hydrogen (secondary N) is 2. The summed E-state index contributed by atoms with van der Waals surface area (Å²) in [6.45, 7) is 0. The van der Waals surface area contributed by atoms with Crippen molar-refractivity contribution in [3.63, 3.8) is 0 Å². The van der Waals surface area contributed by atoms with E-state index in [1.165, 1.54) is 48.5 Å². The second-order valence-corrected chi connectivity index (χ2v) is 10.6. The first-order valence-electron chi connectivity index (χ1n) is 12.2. The summed E-state index contributed by atoms with van der Waals surface area (Å²) in [5.41, 5.74) is -2.01. The third kappa shape index (κ3) is 7.46. The summed E-state index contributed by atoms with van der Waals surface area (Å²) in [6, 6.07) is 14.2. The van der Waals surface area contributed by atoms with E-state index in [0.717, 1.165) is 24.3 Å². The molecule has 45 heavy (non-hydrogen) atoms. The molecule has 228 valence electrons. The molecule has 0 aliphatic carbocycles. The molecule has 2 amide bonds. The monoisotopic (exact) mass is 742 g/mol. The molecule has 4 N–H and O–H groups in total. The van der Waals surface area contributed by atoms with Gasteiger partial charge in [0.25, 0.3) is 23.2 Å². The molecule has 0 heterocycles. The molecule has 0 saturated heterocycles. The minimum absolute atomic E-state index is 0.0737. The van der Waals surface area contributed by atoms with Crippen molar-refractivity contribution in [2.45, 2.75) is 0 Å². The third-order valence-electron chi connectivity index (χ3n) is 5.98. The molecule has 0 unspecified atom stereocenters. The summed E-state index contributed by atoms with van der Waals surface area (Å²) in [5, 5.41) is 46.3. The number of halogens is 2. The first kappa shape index (κ1) is 32.2. The molecule has 4 aromatic rings. The number of carboxylic acids is 2. The van der Waals surface area contributed by atoms with E-state index in [-0.39, 0.29) is 54.3 Å². The number of benzene rings is 4. The molecular weight excluding hydrogens is 728 g/mol. The number of amides is 2. The number of rotatable bonds is 10. The number of nitro groups is 2. The van der Waals surface area contributed by atoms with Crippen molar-refractivity contribution in [2.75, 3.05) is 10.6 Å². The van der Waals surface area contributed by atoms with Crippen LogP contribution >= 0.6 is 31.9 Å². The fourth-order valence-corrected chi connectivity index (χ4v) is 4.71. The Bertz CT molecular complexity index is 1930. The van der Waals surface area contributed by atoms with E-state index in [1.54, 1.807) is 0 Å². The lowest BCUT2D eigenvalue weighted by Gasteiger charge is -2.16. The van der Waals surface area contributed by atoms with E-state index >= 15 is 0 Å². The summed E-state index contributed by atoms with van der Waals surface area (Å²) in [7, 11) is 0. The van der Waals surface area contributed by atoms with Gasteiger partial charge in [0.05, 0.1) is 37.8 Å². The Morgan fingerprint density at radius 1 is 0.644 bits per heavy atom. The molecule has 0 radical (unpaired) electrons. The van der Waals surface area contributed by atoms with Crippen LogP contribution in [-0.2, 0) is 0 Å². The van der Waals surface area contributed by atoms with Gasteiger partial charge < -0.3 is 25.6 Å². The zero-order chi connectivity index (χ0) is 33.0. The lowest BCUT2D eigenvalue weighted by molar-refractivity contribution is -0.385. The largest absolute Gasteiger partial charge is 0.478 e. The van der Waals surface area contributed by atoms with Crippen molar-refractivity contribution in [3.05, 3.63) is 124 Å². The molecule has 15 nitrogen and oxygen atoms in total. The van der Waals surface area contributed by atoms with Crippen LogP contribution < -0.4 is 15.4 Å². The highest BCUT2D eigenvalue weighted by atomic mass is 79.9. The van der Waals surface area contributed by atoms with Crippen molar-refractivity contribution in [2.24, 2.45) is 0 Å². The lowest BCUT2D eigenvalue weighted by atomic mass is 10.1. The maximum atomic E-state index is 13.3. The lowest BCUT2D eigenvalue weighted by Crippen LogP contribution is -2.15. The van der Waals surface area contributed by atoms with Crippen molar-refractivity contribution >= 4 is 78.4 Å². The Morgan fingerprint density at radius 3 is 1.69 bits per heavy atom. The van der Waals surface area contributed by atoms with Crippen LogP contribution in [0.4, 0.5) is 22.7 Å². The molecule has 0 aliphatic rings. The van der Waals surface area contributed by atoms with Crippen LogP contribution in [-0.4, -0.2) is 43.8 Å². The van der Waals surface area contributed by atoms with Gasteiger partial charge in [0, 0.05) is 38.9 Å². The van der Waals surface area contributed by atoms with Gasteiger partial charge in [0.2, 0.25) is 0 Å². The number of carbonyl (C=O) groups excluding carboxylic acids is 2. The highest BCUT2D eigenvalue weighted by Gasteiger charge is 2.21. The molecule has 0 atom stereocenters. The summed E-state index contributed by atoms with van der Waals surface area (Å²) in [5.74, 6) is -4.83. The number of aromatic carboxylic acids is 2. The van der Waals surface area contributed by atoms with Crippen LogP contribution in [0.25, 0.3) is 0 Å². The molecule has 0 spiro atoms. The van der Waals surface area contributed by atoms with E-state index in [1.807, 2.05) is 0 Å². The number of nitrogens with zero attached hydrogens (tertiary/aromatic N) is 2. The van der Waals surface area contributed by atoms with Gasteiger partial charge in [0.1, 0.15) is 5.75 Å². The van der Waals surface area contributed by atoms with E-state index < -0.39 is 44.7 Å². The second-order valence-electron chi connectivity index (χ2n) is 8.88. The zero-order valence-corrected chi connectivity index (χ0v) is 25.3. The van der Waals surface area contributed by atoms with Gasteiger partial charge in [-0.1, -0.05) is 0 Å². The van der Waals surface area contributed by atoms with E-state index in [4.69, 9.17) is 4.74 Å². The minimum atomic E-state index is -1.53. The third-order valence-corrected chi connectivity index (χ3v) is 7.36. The highest BCUT2D eigenvalue weighted by molar-refractivity contribution is 9.10. The smallest absolute Gasteiger partial charge is 0.336 e. The molecule has 0 bridgehead atoms. The predicted octanol–water partition coefficient (Wildman–Crippen LogP) is 6.72. The summed E-state index contributed by atoms with van der Waals surface area (Å²) in [6.07, 6.45) is 0. The fraction of sp³-hybridized carbons (Fsp3) is 0. The van der Waals surface area contributed by atoms with Crippen LogP contribution in [0.5, 0.6) is 11.5 Å². The van der Waals surface area contributed by atoms with Gasteiger partial charge >= 0.3 is 11.9 Å². The number of carbonyl (C=O) groups is 4. The van der Waals surface area contributed by atoms with Crippen molar-refractivity contribution in [1.82, 2.24) is 0 Å². The average Bonchev–Trinajstić information content (AvgIpc) is 2.98. The number of anilines is 2. The normalized spacial score (nSPS) is 10.4. The van der Waals surface area contributed by atoms with Gasteiger partial charge in [0.15, 0.2) is 5.75 Å². The van der Waals surface area contributed by atoms with Crippen LogP contribution in [0.15, 0.2) is 81.7 Å². The number of carboxylic acid groups (broad SMARTS) is 2. The van der Waals surface area contributed by atoms with Crippen LogP contribution in [0.2, 0.25) is 0 Å². The van der Waals surface area contributed by atoms with Gasteiger partial charge in [-0.3, -0.25) is 29.8 Å². The fourth-order valence-electron chi connectivity index (χ4n) is 3.86. The Balaban J connectivity index is 1.74.